The maximum Gasteiger partial charge on any atom is 0.199 e. The summed E-state index contributed by atoms with van der Waals surface area (Å²) in [6, 6.07) is 3.88. The van der Waals surface area contributed by atoms with Gasteiger partial charge in [0.05, 0.1) is 14.9 Å². The van der Waals surface area contributed by atoms with Crippen LogP contribution in [0.5, 0.6) is 0 Å². The normalized spacial score (nSPS) is 10.4. The predicted octanol–water partition coefficient (Wildman–Crippen LogP) is 2.75. The van der Waals surface area contributed by atoms with Crippen LogP contribution >= 0.6 is 27.3 Å². The number of thiophene rings is 1. The quantitative estimate of drug-likeness (QED) is 0.840. The van der Waals surface area contributed by atoms with Crippen LogP contribution in [0.3, 0.4) is 0 Å². The average molecular weight is 245 g/mol. The standard InChI is InChI=1S/C7H5BrN2OS/c8-6-2-1-5(12-6)7-4(9)3-10-11-7/h1-3H,9H2. The Balaban J connectivity index is 2.50. The van der Waals surface area contributed by atoms with Gasteiger partial charge in [0.25, 0.3) is 0 Å². The van der Waals surface area contributed by atoms with E-state index < -0.39 is 0 Å². The molecular weight excluding hydrogens is 240 g/mol. The van der Waals surface area contributed by atoms with Crippen molar-refractivity contribution < 1.29 is 4.52 Å². The molecule has 5 heteroatoms. The van der Waals surface area contributed by atoms with E-state index in [0.29, 0.717) is 11.4 Å². The number of anilines is 1. The molecular formula is C7H5BrN2OS. The molecule has 0 aliphatic rings. The van der Waals surface area contributed by atoms with Gasteiger partial charge in [0.1, 0.15) is 5.69 Å². The van der Waals surface area contributed by atoms with E-state index in [9.17, 15) is 0 Å². The van der Waals surface area contributed by atoms with Gasteiger partial charge in [-0.3, -0.25) is 0 Å². The van der Waals surface area contributed by atoms with Crippen molar-refractivity contribution in [2.45, 2.75) is 0 Å². The minimum Gasteiger partial charge on any atom is -0.394 e. The van der Waals surface area contributed by atoms with Gasteiger partial charge in [-0.15, -0.1) is 11.3 Å². The first-order valence-corrected chi connectivity index (χ1v) is 4.84. The number of hydrogen-bond donors (Lipinski definition) is 1. The number of nitrogen functional groups attached to an aromatic ring is 1. The highest BCUT2D eigenvalue weighted by molar-refractivity contribution is 9.11. The monoisotopic (exact) mass is 244 g/mol. The zero-order valence-corrected chi connectivity index (χ0v) is 8.35. The minimum atomic E-state index is 0.573. The second kappa shape index (κ2) is 2.91. The van der Waals surface area contributed by atoms with E-state index in [1.54, 1.807) is 11.3 Å². The zero-order valence-electron chi connectivity index (χ0n) is 5.95. The summed E-state index contributed by atoms with van der Waals surface area (Å²) in [5.41, 5.74) is 6.19. The lowest BCUT2D eigenvalue weighted by atomic mass is 10.3. The molecule has 12 heavy (non-hydrogen) atoms. The molecule has 2 N–H and O–H groups in total. The third kappa shape index (κ3) is 1.25. The molecule has 3 nitrogen and oxygen atoms in total. The highest BCUT2D eigenvalue weighted by Gasteiger charge is 2.09. The van der Waals surface area contributed by atoms with Gasteiger partial charge in [-0.05, 0) is 28.1 Å². The predicted molar refractivity (Wildman–Crippen MR) is 51.9 cm³/mol. The van der Waals surface area contributed by atoms with Crippen molar-refractivity contribution >= 4 is 33.0 Å². The number of nitrogens with zero attached hydrogens (tertiary/aromatic N) is 1. The summed E-state index contributed by atoms with van der Waals surface area (Å²) in [4.78, 5) is 0.983. The third-order valence-electron chi connectivity index (χ3n) is 1.39. The molecule has 0 aliphatic carbocycles. The van der Waals surface area contributed by atoms with Gasteiger partial charge in [0.15, 0.2) is 5.76 Å². The SMILES string of the molecule is Nc1cnoc1-c1ccc(Br)s1. The van der Waals surface area contributed by atoms with Gasteiger partial charge in [0, 0.05) is 0 Å². The molecule has 2 heterocycles. The van der Waals surface area contributed by atoms with Crippen molar-refractivity contribution in [1.82, 2.24) is 5.16 Å². The summed E-state index contributed by atoms with van der Waals surface area (Å²) in [5, 5.41) is 3.60. The minimum absolute atomic E-state index is 0.573. The topological polar surface area (TPSA) is 52.0 Å². The van der Waals surface area contributed by atoms with Crippen LogP contribution in [0.4, 0.5) is 5.69 Å². The van der Waals surface area contributed by atoms with Crippen molar-refractivity contribution in [3.8, 4) is 10.6 Å². The lowest BCUT2D eigenvalue weighted by molar-refractivity contribution is 0.433. The Labute approximate surface area is 81.3 Å². The van der Waals surface area contributed by atoms with Crippen molar-refractivity contribution in [2.24, 2.45) is 0 Å². The molecule has 2 rings (SSSR count). The largest absolute Gasteiger partial charge is 0.394 e. The van der Waals surface area contributed by atoms with Crippen LogP contribution in [0.15, 0.2) is 26.6 Å². The Bertz CT molecular complexity index is 396. The Morgan fingerprint density at radius 2 is 2.33 bits per heavy atom. The first-order valence-electron chi connectivity index (χ1n) is 3.23. The van der Waals surface area contributed by atoms with Crippen LogP contribution in [0.1, 0.15) is 0 Å². The van der Waals surface area contributed by atoms with E-state index in [-0.39, 0.29) is 0 Å². The average Bonchev–Trinajstić information content (AvgIpc) is 2.58. The maximum atomic E-state index is 5.62. The molecule has 0 spiro atoms. The highest BCUT2D eigenvalue weighted by atomic mass is 79.9. The zero-order chi connectivity index (χ0) is 8.55. The summed E-state index contributed by atoms with van der Waals surface area (Å²) < 4.78 is 6.03. The van der Waals surface area contributed by atoms with E-state index in [2.05, 4.69) is 21.1 Å². The molecule has 0 aliphatic heterocycles. The Morgan fingerprint density at radius 1 is 1.50 bits per heavy atom. The van der Waals surface area contributed by atoms with E-state index in [0.717, 1.165) is 8.66 Å². The number of aromatic nitrogens is 1. The van der Waals surface area contributed by atoms with Gasteiger partial charge in [0.2, 0.25) is 0 Å². The van der Waals surface area contributed by atoms with Crippen LogP contribution in [0.25, 0.3) is 10.6 Å². The van der Waals surface area contributed by atoms with Crippen molar-refractivity contribution in [1.29, 1.82) is 0 Å². The number of rotatable bonds is 1. The molecule has 0 aromatic carbocycles. The second-order valence-electron chi connectivity index (χ2n) is 2.21. The van der Waals surface area contributed by atoms with Crippen LogP contribution in [0.2, 0.25) is 0 Å². The third-order valence-corrected chi connectivity index (χ3v) is 3.02. The highest BCUT2D eigenvalue weighted by Crippen LogP contribution is 2.33. The van der Waals surface area contributed by atoms with E-state index in [1.807, 2.05) is 12.1 Å². The Kier molecular flexibility index (Phi) is 1.90. The smallest absolute Gasteiger partial charge is 0.199 e. The number of halogens is 1. The summed E-state index contributed by atoms with van der Waals surface area (Å²) >= 11 is 4.92. The molecule has 0 atom stereocenters. The molecule has 2 aromatic rings. The van der Waals surface area contributed by atoms with Crippen LogP contribution < -0.4 is 5.73 Å². The fourth-order valence-corrected chi connectivity index (χ4v) is 2.26. The van der Waals surface area contributed by atoms with Gasteiger partial charge in [-0.1, -0.05) is 5.16 Å². The molecule has 0 fully saturated rings. The molecule has 0 saturated heterocycles. The fraction of sp³-hybridized carbons (Fsp3) is 0. The number of hydrogen-bond acceptors (Lipinski definition) is 4. The first-order chi connectivity index (χ1) is 5.77. The van der Waals surface area contributed by atoms with E-state index in [4.69, 9.17) is 10.3 Å². The fourth-order valence-electron chi connectivity index (χ4n) is 0.871. The summed E-state index contributed by atoms with van der Waals surface area (Å²) in [7, 11) is 0. The molecule has 0 bridgehead atoms. The summed E-state index contributed by atoms with van der Waals surface area (Å²) in [6.07, 6.45) is 1.50. The van der Waals surface area contributed by atoms with Gasteiger partial charge in [-0.2, -0.15) is 0 Å². The molecule has 0 amide bonds. The van der Waals surface area contributed by atoms with Crippen molar-refractivity contribution in [3.63, 3.8) is 0 Å². The summed E-state index contributed by atoms with van der Waals surface area (Å²) in [6.45, 7) is 0. The summed E-state index contributed by atoms with van der Waals surface area (Å²) in [5.74, 6) is 0.644. The van der Waals surface area contributed by atoms with Crippen LogP contribution in [-0.4, -0.2) is 5.16 Å². The van der Waals surface area contributed by atoms with Crippen molar-refractivity contribution in [3.05, 3.63) is 22.1 Å². The lowest BCUT2D eigenvalue weighted by Gasteiger charge is -1.88. The second-order valence-corrected chi connectivity index (χ2v) is 4.68. The van der Waals surface area contributed by atoms with E-state index >= 15 is 0 Å². The van der Waals surface area contributed by atoms with Crippen LogP contribution in [-0.2, 0) is 0 Å². The molecule has 0 saturated carbocycles. The molecule has 0 radical (unpaired) electrons. The Hall–Kier alpha value is -0.810. The Morgan fingerprint density at radius 3 is 2.83 bits per heavy atom. The molecule has 62 valence electrons. The van der Waals surface area contributed by atoms with Gasteiger partial charge in [-0.25, -0.2) is 0 Å². The molecule has 2 aromatic heterocycles. The van der Waals surface area contributed by atoms with Crippen LogP contribution in [0, 0.1) is 0 Å². The van der Waals surface area contributed by atoms with Gasteiger partial charge >= 0.3 is 0 Å². The number of nitrogens with two attached hydrogens (primary N) is 1. The van der Waals surface area contributed by atoms with Crippen molar-refractivity contribution in [2.75, 3.05) is 5.73 Å². The molecule has 0 unspecified atom stereocenters. The lowest BCUT2D eigenvalue weighted by Crippen LogP contribution is -1.81. The maximum absolute atomic E-state index is 5.62. The first kappa shape index (κ1) is 7.82. The van der Waals surface area contributed by atoms with E-state index in [1.165, 1.54) is 6.20 Å². The van der Waals surface area contributed by atoms with Gasteiger partial charge < -0.3 is 10.3 Å².